The molecule has 6 heteroatoms. The SMILES string of the molecule is Cn1ccnc1[C@@H](C1CC1)n1cnc2cccc(F)c2c1=O. The van der Waals surface area contributed by atoms with Crippen molar-refractivity contribution in [3.05, 3.63) is 58.9 Å². The van der Waals surface area contributed by atoms with Gasteiger partial charge in [0, 0.05) is 19.4 Å². The summed E-state index contributed by atoms with van der Waals surface area (Å²) in [4.78, 5) is 21.4. The van der Waals surface area contributed by atoms with Gasteiger partial charge in [-0.2, -0.15) is 0 Å². The van der Waals surface area contributed by atoms with Crippen molar-refractivity contribution in [1.29, 1.82) is 0 Å². The Bertz CT molecular complexity index is 910. The van der Waals surface area contributed by atoms with Gasteiger partial charge in [0.05, 0.1) is 17.9 Å². The average Bonchev–Trinajstić information content (AvgIpc) is 3.25. The lowest BCUT2D eigenvalue weighted by atomic mass is 10.1. The van der Waals surface area contributed by atoms with Crippen LogP contribution in [-0.2, 0) is 7.05 Å². The predicted molar refractivity (Wildman–Crippen MR) is 80.0 cm³/mol. The van der Waals surface area contributed by atoms with Crippen molar-refractivity contribution in [3.63, 3.8) is 0 Å². The maximum atomic E-state index is 14.1. The van der Waals surface area contributed by atoms with E-state index in [1.165, 1.54) is 17.0 Å². The van der Waals surface area contributed by atoms with Crippen molar-refractivity contribution in [2.24, 2.45) is 13.0 Å². The Morgan fingerprint density at radius 3 is 2.82 bits per heavy atom. The normalized spacial score (nSPS) is 16.1. The fraction of sp³-hybridized carbons (Fsp3) is 0.312. The zero-order valence-electron chi connectivity index (χ0n) is 12.1. The second-order valence-electron chi connectivity index (χ2n) is 5.77. The standard InChI is InChI=1S/C16H15FN4O/c1-20-8-7-18-15(20)14(10-5-6-10)21-9-19-12-4-2-3-11(17)13(12)16(21)22/h2-4,7-10,14H,5-6H2,1H3/t14-/m1/s1. The molecule has 1 saturated carbocycles. The van der Waals surface area contributed by atoms with Gasteiger partial charge in [0.25, 0.3) is 5.56 Å². The zero-order chi connectivity index (χ0) is 15.3. The van der Waals surface area contributed by atoms with Crippen LogP contribution in [0.2, 0.25) is 0 Å². The van der Waals surface area contributed by atoms with E-state index in [0.717, 1.165) is 18.7 Å². The lowest BCUT2D eigenvalue weighted by molar-refractivity contribution is 0.462. The summed E-state index contributed by atoms with van der Waals surface area (Å²) in [5, 5.41) is 0.0462. The Morgan fingerprint density at radius 1 is 1.32 bits per heavy atom. The monoisotopic (exact) mass is 298 g/mol. The first-order valence-corrected chi connectivity index (χ1v) is 7.29. The molecule has 0 amide bonds. The van der Waals surface area contributed by atoms with Crippen LogP contribution in [0.15, 0.2) is 41.7 Å². The second kappa shape index (κ2) is 4.76. The minimum absolute atomic E-state index is 0.0462. The van der Waals surface area contributed by atoms with Crippen LogP contribution in [-0.4, -0.2) is 19.1 Å². The van der Waals surface area contributed by atoms with E-state index in [4.69, 9.17) is 0 Å². The maximum Gasteiger partial charge on any atom is 0.264 e. The quantitative estimate of drug-likeness (QED) is 0.745. The van der Waals surface area contributed by atoms with Crippen molar-refractivity contribution >= 4 is 10.9 Å². The third-order valence-corrected chi connectivity index (χ3v) is 4.25. The molecule has 1 fully saturated rings. The molecule has 0 N–H and O–H groups in total. The lowest BCUT2D eigenvalue weighted by Gasteiger charge is -2.19. The predicted octanol–water partition coefficient (Wildman–Crippen LogP) is 2.27. The van der Waals surface area contributed by atoms with E-state index in [2.05, 4.69) is 9.97 Å². The van der Waals surface area contributed by atoms with E-state index < -0.39 is 5.82 Å². The molecular weight excluding hydrogens is 283 g/mol. The average molecular weight is 298 g/mol. The first-order valence-electron chi connectivity index (χ1n) is 7.29. The molecule has 1 aliphatic carbocycles. The molecule has 3 aromatic rings. The number of hydrogen-bond acceptors (Lipinski definition) is 3. The third kappa shape index (κ3) is 1.94. The zero-order valence-corrected chi connectivity index (χ0v) is 12.1. The number of benzene rings is 1. The van der Waals surface area contributed by atoms with Crippen LogP contribution in [0.4, 0.5) is 4.39 Å². The lowest BCUT2D eigenvalue weighted by Crippen LogP contribution is -2.29. The molecule has 5 nitrogen and oxygen atoms in total. The van der Waals surface area contributed by atoms with Crippen molar-refractivity contribution in [3.8, 4) is 0 Å². The van der Waals surface area contributed by atoms with Crippen LogP contribution in [0.3, 0.4) is 0 Å². The Kier molecular flexibility index (Phi) is 2.85. The molecular formula is C16H15FN4O. The van der Waals surface area contributed by atoms with E-state index in [1.807, 2.05) is 17.8 Å². The van der Waals surface area contributed by atoms with E-state index in [0.29, 0.717) is 11.4 Å². The highest BCUT2D eigenvalue weighted by Crippen LogP contribution is 2.42. The molecule has 2 heterocycles. The van der Waals surface area contributed by atoms with Gasteiger partial charge in [-0.15, -0.1) is 0 Å². The van der Waals surface area contributed by atoms with Gasteiger partial charge in [-0.3, -0.25) is 9.36 Å². The molecule has 0 saturated heterocycles. The number of aryl methyl sites for hydroxylation is 1. The first-order chi connectivity index (χ1) is 10.7. The molecule has 1 aromatic carbocycles. The van der Waals surface area contributed by atoms with E-state index in [1.54, 1.807) is 18.3 Å². The Balaban J connectivity index is 1.96. The van der Waals surface area contributed by atoms with Gasteiger partial charge < -0.3 is 4.57 Å². The number of halogens is 1. The summed E-state index contributed by atoms with van der Waals surface area (Å²) in [6, 6.07) is 4.31. The number of imidazole rings is 1. The molecule has 0 radical (unpaired) electrons. The minimum Gasteiger partial charge on any atom is -0.336 e. The van der Waals surface area contributed by atoms with Crippen LogP contribution in [0, 0.1) is 11.7 Å². The molecule has 1 aliphatic rings. The van der Waals surface area contributed by atoms with Crippen LogP contribution >= 0.6 is 0 Å². The fourth-order valence-corrected chi connectivity index (χ4v) is 2.97. The molecule has 22 heavy (non-hydrogen) atoms. The van der Waals surface area contributed by atoms with Crippen LogP contribution in [0.5, 0.6) is 0 Å². The smallest absolute Gasteiger partial charge is 0.264 e. The molecule has 4 rings (SSSR count). The van der Waals surface area contributed by atoms with E-state index >= 15 is 0 Å². The minimum atomic E-state index is -0.529. The summed E-state index contributed by atoms with van der Waals surface area (Å²) in [6.07, 6.45) is 7.16. The molecule has 0 aliphatic heterocycles. The number of aromatic nitrogens is 4. The summed E-state index contributed by atoms with van der Waals surface area (Å²) in [5.74, 6) is 0.630. The Hall–Kier alpha value is -2.50. The maximum absolute atomic E-state index is 14.1. The van der Waals surface area contributed by atoms with Crippen LogP contribution in [0.25, 0.3) is 10.9 Å². The molecule has 2 aromatic heterocycles. The molecule has 112 valence electrons. The fourth-order valence-electron chi connectivity index (χ4n) is 2.97. The largest absolute Gasteiger partial charge is 0.336 e. The third-order valence-electron chi connectivity index (χ3n) is 4.25. The van der Waals surface area contributed by atoms with Crippen LogP contribution < -0.4 is 5.56 Å². The van der Waals surface area contributed by atoms with Gasteiger partial charge >= 0.3 is 0 Å². The van der Waals surface area contributed by atoms with Crippen molar-refractivity contribution in [2.45, 2.75) is 18.9 Å². The molecule has 1 atom stereocenters. The van der Waals surface area contributed by atoms with Crippen molar-refractivity contribution in [1.82, 2.24) is 19.1 Å². The Morgan fingerprint density at radius 2 is 2.14 bits per heavy atom. The highest BCUT2D eigenvalue weighted by Gasteiger charge is 2.37. The van der Waals surface area contributed by atoms with E-state index in [-0.39, 0.29) is 17.0 Å². The first kappa shape index (κ1) is 13.2. The van der Waals surface area contributed by atoms with Gasteiger partial charge in [-0.25, -0.2) is 14.4 Å². The molecule has 0 unspecified atom stereocenters. The highest BCUT2D eigenvalue weighted by molar-refractivity contribution is 5.77. The number of fused-ring (bicyclic) bond motifs is 1. The summed E-state index contributed by atoms with van der Waals surface area (Å²) >= 11 is 0. The van der Waals surface area contributed by atoms with Gasteiger partial charge in [0.15, 0.2) is 0 Å². The summed E-state index contributed by atoms with van der Waals surface area (Å²) in [7, 11) is 1.90. The van der Waals surface area contributed by atoms with Crippen LogP contribution in [0.1, 0.15) is 24.7 Å². The Labute approximate surface area is 126 Å². The van der Waals surface area contributed by atoms with Gasteiger partial charge in [0.1, 0.15) is 17.0 Å². The second-order valence-corrected chi connectivity index (χ2v) is 5.77. The van der Waals surface area contributed by atoms with Crippen molar-refractivity contribution < 1.29 is 4.39 Å². The summed E-state index contributed by atoms with van der Waals surface area (Å²) in [6.45, 7) is 0. The highest BCUT2D eigenvalue weighted by atomic mass is 19.1. The summed E-state index contributed by atoms with van der Waals surface area (Å²) < 4.78 is 17.5. The molecule has 0 bridgehead atoms. The van der Waals surface area contributed by atoms with Gasteiger partial charge in [0.2, 0.25) is 0 Å². The number of hydrogen-bond donors (Lipinski definition) is 0. The number of rotatable bonds is 3. The van der Waals surface area contributed by atoms with E-state index in [9.17, 15) is 9.18 Å². The van der Waals surface area contributed by atoms with Gasteiger partial charge in [-0.1, -0.05) is 6.07 Å². The summed E-state index contributed by atoms with van der Waals surface area (Å²) in [5.41, 5.74) is 0.0404. The number of nitrogens with zero attached hydrogens (tertiary/aromatic N) is 4. The molecule has 0 spiro atoms. The topological polar surface area (TPSA) is 52.7 Å². The van der Waals surface area contributed by atoms with Gasteiger partial charge in [-0.05, 0) is 30.9 Å². The van der Waals surface area contributed by atoms with Crippen molar-refractivity contribution in [2.75, 3.05) is 0 Å².